The monoisotopic (exact) mass is 231 g/mol. The van der Waals surface area contributed by atoms with Crippen molar-refractivity contribution in [3.05, 3.63) is 53.0 Å². The molecular formula is C14H17NO2. The van der Waals surface area contributed by atoms with E-state index in [4.69, 9.17) is 14.9 Å². The molecule has 2 aromatic rings. The van der Waals surface area contributed by atoms with Crippen molar-refractivity contribution >= 4 is 0 Å². The lowest BCUT2D eigenvalue weighted by Crippen LogP contribution is -2.12. The summed E-state index contributed by atoms with van der Waals surface area (Å²) in [4.78, 5) is 0. The summed E-state index contributed by atoms with van der Waals surface area (Å²) in [7, 11) is 1.65. The van der Waals surface area contributed by atoms with Gasteiger partial charge in [0.25, 0.3) is 0 Å². The topological polar surface area (TPSA) is 48.4 Å². The van der Waals surface area contributed by atoms with E-state index in [1.165, 1.54) is 0 Å². The van der Waals surface area contributed by atoms with E-state index < -0.39 is 0 Å². The van der Waals surface area contributed by atoms with Crippen molar-refractivity contribution in [3.63, 3.8) is 0 Å². The van der Waals surface area contributed by atoms with E-state index in [9.17, 15) is 0 Å². The van der Waals surface area contributed by atoms with Crippen LogP contribution in [0.15, 0.2) is 34.7 Å². The molecule has 17 heavy (non-hydrogen) atoms. The van der Waals surface area contributed by atoms with Gasteiger partial charge in [-0.2, -0.15) is 0 Å². The van der Waals surface area contributed by atoms with Gasteiger partial charge in [-0.1, -0.05) is 12.1 Å². The third kappa shape index (κ3) is 2.34. The Bertz CT molecular complexity index is 517. The van der Waals surface area contributed by atoms with Gasteiger partial charge in [-0.15, -0.1) is 0 Å². The van der Waals surface area contributed by atoms with Crippen LogP contribution in [0, 0.1) is 13.8 Å². The number of furan rings is 1. The first kappa shape index (κ1) is 11.7. The number of benzene rings is 1. The second kappa shape index (κ2) is 4.63. The van der Waals surface area contributed by atoms with Crippen LogP contribution in [0.5, 0.6) is 5.75 Å². The van der Waals surface area contributed by atoms with E-state index in [2.05, 4.69) is 0 Å². The summed E-state index contributed by atoms with van der Waals surface area (Å²) >= 11 is 0. The number of hydrogen-bond acceptors (Lipinski definition) is 3. The van der Waals surface area contributed by atoms with Crippen LogP contribution in [0.3, 0.4) is 0 Å². The maximum absolute atomic E-state index is 6.24. The molecule has 2 rings (SSSR count). The van der Waals surface area contributed by atoms with Gasteiger partial charge in [-0.05, 0) is 37.6 Å². The fourth-order valence-electron chi connectivity index (χ4n) is 1.97. The van der Waals surface area contributed by atoms with Gasteiger partial charge in [-0.3, -0.25) is 0 Å². The summed E-state index contributed by atoms with van der Waals surface area (Å²) in [5.41, 5.74) is 8.28. The number of aryl methyl sites for hydroxylation is 2. The molecule has 0 amide bonds. The number of methoxy groups -OCH3 is 1. The van der Waals surface area contributed by atoms with Crippen LogP contribution in [0.4, 0.5) is 0 Å². The van der Waals surface area contributed by atoms with Crippen LogP contribution in [0.25, 0.3) is 0 Å². The molecule has 0 aliphatic rings. The maximum atomic E-state index is 6.24. The highest BCUT2D eigenvalue weighted by Crippen LogP contribution is 2.27. The Balaban J connectivity index is 2.36. The minimum atomic E-state index is -0.178. The molecule has 1 unspecified atom stereocenters. The van der Waals surface area contributed by atoms with E-state index in [1.54, 1.807) is 7.11 Å². The van der Waals surface area contributed by atoms with E-state index in [1.807, 2.05) is 44.2 Å². The molecule has 1 aromatic carbocycles. The van der Waals surface area contributed by atoms with Gasteiger partial charge >= 0.3 is 0 Å². The Hall–Kier alpha value is -1.74. The van der Waals surface area contributed by atoms with Gasteiger partial charge in [0.15, 0.2) is 0 Å². The van der Waals surface area contributed by atoms with Crippen molar-refractivity contribution in [2.45, 2.75) is 19.9 Å². The molecule has 90 valence electrons. The number of rotatable bonds is 3. The van der Waals surface area contributed by atoms with Crippen LogP contribution < -0.4 is 10.5 Å². The summed E-state index contributed by atoms with van der Waals surface area (Å²) in [6, 6.07) is 9.60. The highest BCUT2D eigenvalue weighted by molar-refractivity contribution is 5.37. The van der Waals surface area contributed by atoms with Crippen LogP contribution in [-0.2, 0) is 0 Å². The number of hydrogen-bond donors (Lipinski definition) is 1. The Morgan fingerprint density at radius 2 is 2.00 bits per heavy atom. The summed E-state index contributed by atoms with van der Waals surface area (Å²) in [5, 5.41) is 0. The molecule has 0 bridgehead atoms. The smallest absolute Gasteiger partial charge is 0.119 e. The Labute approximate surface area is 101 Å². The Morgan fingerprint density at radius 1 is 1.24 bits per heavy atom. The second-order valence-corrected chi connectivity index (χ2v) is 4.12. The van der Waals surface area contributed by atoms with Crippen LogP contribution in [0.2, 0.25) is 0 Å². The predicted molar refractivity (Wildman–Crippen MR) is 67.2 cm³/mol. The molecule has 1 atom stereocenters. The molecule has 0 radical (unpaired) electrons. The second-order valence-electron chi connectivity index (χ2n) is 4.12. The zero-order chi connectivity index (χ0) is 12.4. The molecule has 0 aliphatic carbocycles. The molecule has 0 spiro atoms. The molecule has 0 fully saturated rings. The van der Waals surface area contributed by atoms with Gasteiger partial charge in [0.05, 0.1) is 13.2 Å². The third-order valence-corrected chi connectivity index (χ3v) is 2.87. The molecular weight excluding hydrogens is 214 g/mol. The highest BCUT2D eigenvalue weighted by Gasteiger charge is 2.15. The molecule has 2 N–H and O–H groups in total. The van der Waals surface area contributed by atoms with Crippen molar-refractivity contribution < 1.29 is 9.15 Å². The van der Waals surface area contributed by atoms with E-state index >= 15 is 0 Å². The van der Waals surface area contributed by atoms with E-state index in [0.717, 1.165) is 28.4 Å². The number of ether oxygens (including phenoxy) is 1. The first-order valence-corrected chi connectivity index (χ1v) is 5.58. The first-order chi connectivity index (χ1) is 8.11. The Kier molecular flexibility index (Phi) is 3.20. The third-order valence-electron chi connectivity index (χ3n) is 2.87. The molecule has 1 heterocycles. The fraction of sp³-hybridized carbons (Fsp3) is 0.286. The minimum absolute atomic E-state index is 0.178. The average molecular weight is 231 g/mol. The Morgan fingerprint density at radius 3 is 2.59 bits per heavy atom. The summed E-state index contributed by atoms with van der Waals surface area (Å²) in [6.07, 6.45) is 0. The summed E-state index contributed by atoms with van der Waals surface area (Å²) in [6.45, 7) is 3.86. The van der Waals surface area contributed by atoms with Gasteiger partial charge in [0, 0.05) is 5.56 Å². The molecule has 3 heteroatoms. The predicted octanol–water partition coefficient (Wildman–Crippen LogP) is 2.95. The molecule has 3 nitrogen and oxygen atoms in total. The maximum Gasteiger partial charge on any atom is 0.119 e. The normalized spacial score (nSPS) is 12.5. The quantitative estimate of drug-likeness (QED) is 0.883. The van der Waals surface area contributed by atoms with Crippen molar-refractivity contribution in [1.29, 1.82) is 0 Å². The van der Waals surface area contributed by atoms with Gasteiger partial charge in [0.2, 0.25) is 0 Å². The van der Waals surface area contributed by atoms with E-state index in [0.29, 0.717) is 0 Å². The molecule has 1 aromatic heterocycles. The lowest BCUT2D eigenvalue weighted by atomic mass is 10.00. The average Bonchev–Trinajstić information content (AvgIpc) is 2.67. The van der Waals surface area contributed by atoms with Crippen molar-refractivity contribution in [2.24, 2.45) is 5.73 Å². The molecule has 0 saturated heterocycles. The minimum Gasteiger partial charge on any atom is -0.497 e. The van der Waals surface area contributed by atoms with Gasteiger partial charge in [0.1, 0.15) is 17.3 Å². The van der Waals surface area contributed by atoms with E-state index in [-0.39, 0.29) is 6.04 Å². The van der Waals surface area contributed by atoms with Crippen LogP contribution >= 0.6 is 0 Å². The lowest BCUT2D eigenvalue weighted by Gasteiger charge is -2.12. The zero-order valence-corrected chi connectivity index (χ0v) is 10.4. The fourth-order valence-corrected chi connectivity index (χ4v) is 1.97. The summed E-state index contributed by atoms with van der Waals surface area (Å²) < 4.78 is 10.7. The SMILES string of the molecule is COc1cccc(C(N)c2cc(C)oc2C)c1. The highest BCUT2D eigenvalue weighted by atomic mass is 16.5. The van der Waals surface area contributed by atoms with Crippen molar-refractivity contribution in [2.75, 3.05) is 7.11 Å². The molecule has 0 aliphatic heterocycles. The van der Waals surface area contributed by atoms with Crippen LogP contribution in [0.1, 0.15) is 28.7 Å². The van der Waals surface area contributed by atoms with Crippen molar-refractivity contribution in [3.8, 4) is 5.75 Å². The largest absolute Gasteiger partial charge is 0.497 e. The van der Waals surface area contributed by atoms with Gasteiger partial charge in [-0.25, -0.2) is 0 Å². The number of nitrogens with two attached hydrogens (primary N) is 1. The zero-order valence-electron chi connectivity index (χ0n) is 10.4. The summed E-state index contributed by atoms with van der Waals surface area (Å²) in [5.74, 6) is 2.57. The van der Waals surface area contributed by atoms with Gasteiger partial charge < -0.3 is 14.9 Å². The van der Waals surface area contributed by atoms with Crippen molar-refractivity contribution in [1.82, 2.24) is 0 Å². The standard InChI is InChI=1S/C14H17NO2/c1-9-7-13(10(2)17-9)14(15)11-5-4-6-12(8-11)16-3/h4-8,14H,15H2,1-3H3. The van der Waals surface area contributed by atoms with Crippen LogP contribution in [-0.4, -0.2) is 7.11 Å². The molecule has 0 saturated carbocycles. The first-order valence-electron chi connectivity index (χ1n) is 5.58. The lowest BCUT2D eigenvalue weighted by molar-refractivity contribution is 0.414.